The molecule has 2 aromatic carbocycles. The Morgan fingerprint density at radius 2 is 1.77 bits per heavy atom. The standard InChI is InChI=1S/C20H21NO/c1-12-8-13(2)18(14(3)9-12)11-21-19-10-17(19)15-6-4-5-7-16(15)20(21)22/h4-9,17,19H,10-11H2,1-3H3/t17-,19-/m1/s1. The molecule has 2 atom stereocenters. The lowest BCUT2D eigenvalue weighted by molar-refractivity contribution is 0.0711. The molecule has 0 radical (unpaired) electrons. The molecule has 2 nitrogen and oxygen atoms in total. The van der Waals surface area contributed by atoms with E-state index in [1.54, 1.807) is 0 Å². The first-order valence-electron chi connectivity index (χ1n) is 8.03. The van der Waals surface area contributed by atoms with Crippen LogP contribution < -0.4 is 0 Å². The van der Waals surface area contributed by atoms with Crippen molar-refractivity contribution < 1.29 is 4.79 Å². The summed E-state index contributed by atoms with van der Waals surface area (Å²) in [6.07, 6.45) is 1.12. The molecule has 1 aliphatic carbocycles. The lowest BCUT2D eigenvalue weighted by atomic mass is 9.96. The van der Waals surface area contributed by atoms with E-state index in [1.807, 2.05) is 18.2 Å². The number of benzene rings is 2. The van der Waals surface area contributed by atoms with Crippen LogP contribution in [0, 0.1) is 20.8 Å². The molecule has 0 unspecified atom stereocenters. The Balaban J connectivity index is 1.70. The number of amides is 1. The van der Waals surface area contributed by atoms with Crippen LogP contribution in [0.25, 0.3) is 0 Å². The largest absolute Gasteiger partial charge is 0.331 e. The Hall–Kier alpha value is -2.09. The van der Waals surface area contributed by atoms with Crippen LogP contribution in [-0.4, -0.2) is 16.8 Å². The number of carbonyl (C=O) groups excluding carboxylic acids is 1. The minimum absolute atomic E-state index is 0.203. The molecule has 1 fully saturated rings. The molecular formula is C20H21NO. The first-order valence-corrected chi connectivity index (χ1v) is 8.03. The minimum atomic E-state index is 0.203. The molecule has 4 rings (SSSR count). The molecule has 2 heteroatoms. The molecule has 2 aromatic rings. The summed E-state index contributed by atoms with van der Waals surface area (Å²) >= 11 is 0. The van der Waals surface area contributed by atoms with Crippen LogP contribution >= 0.6 is 0 Å². The molecule has 22 heavy (non-hydrogen) atoms. The fourth-order valence-corrected chi connectivity index (χ4v) is 4.00. The fraction of sp³-hybridized carbons (Fsp3) is 0.350. The molecule has 1 aliphatic heterocycles. The highest BCUT2D eigenvalue weighted by Gasteiger charge is 2.50. The SMILES string of the molecule is Cc1cc(C)c(CN2C(=O)c3ccccc3[C@H]3C[C@H]32)c(C)c1. The van der Waals surface area contributed by atoms with Gasteiger partial charge in [-0.05, 0) is 55.5 Å². The Labute approximate surface area is 131 Å². The van der Waals surface area contributed by atoms with Crippen LogP contribution in [0.4, 0.5) is 0 Å². The summed E-state index contributed by atoms with van der Waals surface area (Å²) in [7, 11) is 0. The topological polar surface area (TPSA) is 20.3 Å². The van der Waals surface area contributed by atoms with Crippen molar-refractivity contribution in [1.29, 1.82) is 0 Å². The maximum Gasteiger partial charge on any atom is 0.254 e. The molecule has 112 valence electrons. The predicted octanol–water partition coefficient (Wildman–Crippen LogP) is 4.12. The Bertz CT molecular complexity index is 754. The Morgan fingerprint density at radius 3 is 2.50 bits per heavy atom. The number of nitrogens with zero attached hydrogens (tertiary/aromatic N) is 1. The highest BCUT2D eigenvalue weighted by Crippen LogP contribution is 2.50. The van der Waals surface area contributed by atoms with Gasteiger partial charge in [0.2, 0.25) is 0 Å². The van der Waals surface area contributed by atoms with E-state index in [-0.39, 0.29) is 5.91 Å². The van der Waals surface area contributed by atoms with E-state index in [0.717, 1.165) is 18.5 Å². The monoisotopic (exact) mass is 291 g/mol. The number of aryl methyl sites for hydroxylation is 3. The zero-order valence-corrected chi connectivity index (χ0v) is 13.4. The second-order valence-corrected chi connectivity index (χ2v) is 6.81. The van der Waals surface area contributed by atoms with E-state index in [1.165, 1.54) is 27.8 Å². The predicted molar refractivity (Wildman–Crippen MR) is 88.1 cm³/mol. The van der Waals surface area contributed by atoms with Crippen molar-refractivity contribution in [3.8, 4) is 0 Å². The Morgan fingerprint density at radius 1 is 1.09 bits per heavy atom. The van der Waals surface area contributed by atoms with Gasteiger partial charge in [-0.15, -0.1) is 0 Å². The average molecular weight is 291 g/mol. The minimum Gasteiger partial charge on any atom is -0.331 e. The lowest BCUT2D eigenvalue weighted by Crippen LogP contribution is -2.37. The summed E-state index contributed by atoms with van der Waals surface area (Å²) in [6, 6.07) is 13.0. The van der Waals surface area contributed by atoms with Crippen LogP contribution in [-0.2, 0) is 6.54 Å². The molecule has 0 aromatic heterocycles. The number of hydrogen-bond donors (Lipinski definition) is 0. The highest BCUT2D eigenvalue weighted by molar-refractivity contribution is 5.98. The van der Waals surface area contributed by atoms with Gasteiger partial charge in [0.1, 0.15) is 0 Å². The van der Waals surface area contributed by atoms with Gasteiger partial charge in [-0.3, -0.25) is 4.79 Å². The van der Waals surface area contributed by atoms with Crippen LogP contribution in [0.2, 0.25) is 0 Å². The van der Waals surface area contributed by atoms with Gasteiger partial charge in [-0.1, -0.05) is 35.9 Å². The number of rotatable bonds is 2. The zero-order chi connectivity index (χ0) is 15.4. The molecule has 0 N–H and O–H groups in total. The van der Waals surface area contributed by atoms with Gasteiger partial charge in [0, 0.05) is 24.1 Å². The third kappa shape index (κ3) is 1.98. The summed E-state index contributed by atoms with van der Waals surface area (Å²) in [6.45, 7) is 7.18. The first-order chi connectivity index (χ1) is 10.6. The molecule has 0 bridgehead atoms. The molecule has 0 saturated heterocycles. The van der Waals surface area contributed by atoms with Crippen molar-refractivity contribution in [3.63, 3.8) is 0 Å². The molecule has 1 saturated carbocycles. The van der Waals surface area contributed by atoms with Crippen molar-refractivity contribution >= 4 is 5.91 Å². The molecule has 0 spiro atoms. The summed E-state index contributed by atoms with van der Waals surface area (Å²) in [5.41, 5.74) is 7.35. The smallest absolute Gasteiger partial charge is 0.254 e. The lowest BCUT2D eigenvalue weighted by Gasteiger charge is -2.29. The summed E-state index contributed by atoms with van der Waals surface area (Å²) in [5, 5.41) is 0. The van der Waals surface area contributed by atoms with E-state index < -0.39 is 0 Å². The number of carbonyl (C=O) groups is 1. The normalized spacial score (nSPS) is 22.3. The summed E-state index contributed by atoms with van der Waals surface area (Å²) in [5.74, 6) is 0.758. The maximum atomic E-state index is 12.9. The van der Waals surface area contributed by atoms with Crippen molar-refractivity contribution in [3.05, 3.63) is 69.8 Å². The van der Waals surface area contributed by atoms with Gasteiger partial charge in [0.15, 0.2) is 0 Å². The van der Waals surface area contributed by atoms with Crippen molar-refractivity contribution in [2.45, 2.75) is 45.7 Å². The van der Waals surface area contributed by atoms with E-state index in [4.69, 9.17) is 0 Å². The third-order valence-corrected chi connectivity index (χ3v) is 5.18. The number of hydrogen-bond acceptors (Lipinski definition) is 1. The molecule has 1 amide bonds. The van der Waals surface area contributed by atoms with Gasteiger partial charge in [-0.25, -0.2) is 0 Å². The van der Waals surface area contributed by atoms with Crippen molar-refractivity contribution in [2.75, 3.05) is 0 Å². The van der Waals surface area contributed by atoms with Crippen LogP contribution in [0.3, 0.4) is 0 Å². The van der Waals surface area contributed by atoms with Crippen LogP contribution in [0.15, 0.2) is 36.4 Å². The zero-order valence-electron chi connectivity index (χ0n) is 13.4. The van der Waals surface area contributed by atoms with Crippen LogP contribution in [0.5, 0.6) is 0 Å². The van der Waals surface area contributed by atoms with E-state index in [2.05, 4.69) is 43.9 Å². The van der Waals surface area contributed by atoms with Crippen LogP contribution in [0.1, 0.15) is 50.5 Å². The van der Waals surface area contributed by atoms with Gasteiger partial charge in [0.25, 0.3) is 5.91 Å². The summed E-state index contributed by atoms with van der Waals surface area (Å²) in [4.78, 5) is 15.0. The second kappa shape index (κ2) is 4.70. The summed E-state index contributed by atoms with van der Waals surface area (Å²) < 4.78 is 0. The second-order valence-electron chi connectivity index (χ2n) is 6.81. The first kappa shape index (κ1) is 13.6. The molecule has 2 aliphatic rings. The van der Waals surface area contributed by atoms with E-state index in [0.29, 0.717) is 12.0 Å². The van der Waals surface area contributed by atoms with Gasteiger partial charge < -0.3 is 4.90 Å². The maximum absolute atomic E-state index is 12.9. The third-order valence-electron chi connectivity index (χ3n) is 5.18. The van der Waals surface area contributed by atoms with E-state index >= 15 is 0 Å². The number of fused-ring (bicyclic) bond motifs is 3. The van der Waals surface area contributed by atoms with E-state index in [9.17, 15) is 4.79 Å². The quantitative estimate of drug-likeness (QED) is 0.815. The molecular weight excluding hydrogens is 270 g/mol. The van der Waals surface area contributed by atoms with Crippen molar-refractivity contribution in [1.82, 2.24) is 4.90 Å². The van der Waals surface area contributed by atoms with Gasteiger partial charge >= 0.3 is 0 Å². The molecule has 1 heterocycles. The Kier molecular flexibility index (Phi) is 2.90. The van der Waals surface area contributed by atoms with Gasteiger partial charge in [-0.2, -0.15) is 0 Å². The van der Waals surface area contributed by atoms with Gasteiger partial charge in [0.05, 0.1) is 0 Å². The van der Waals surface area contributed by atoms with Crippen molar-refractivity contribution in [2.24, 2.45) is 0 Å². The fourth-order valence-electron chi connectivity index (χ4n) is 4.00. The highest BCUT2D eigenvalue weighted by atomic mass is 16.2. The average Bonchev–Trinajstić information content (AvgIpc) is 3.26.